The van der Waals surface area contributed by atoms with Gasteiger partial charge in [0.2, 0.25) is 0 Å². The number of amides is 2. The van der Waals surface area contributed by atoms with Crippen LogP contribution in [0.3, 0.4) is 0 Å². The molecule has 0 aliphatic carbocycles. The molecule has 0 radical (unpaired) electrons. The molecule has 3 rings (SSSR count). The first kappa shape index (κ1) is 16.6. The fraction of sp³-hybridized carbons (Fsp3) is 0.688. The molecular formula is C16H23N3O5. The number of rotatable bonds is 4. The highest BCUT2D eigenvalue weighted by atomic mass is 16.8. The summed E-state index contributed by atoms with van der Waals surface area (Å²) in [6.45, 7) is 5.84. The van der Waals surface area contributed by atoms with Crippen molar-refractivity contribution in [3.8, 4) is 0 Å². The Morgan fingerprint density at radius 1 is 1.33 bits per heavy atom. The number of ether oxygens (including phenoxy) is 2. The van der Waals surface area contributed by atoms with Crippen molar-refractivity contribution in [1.82, 2.24) is 15.4 Å². The first-order valence-corrected chi connectivity index (χ1v) is 8.29. The average Bonchev–Trinajstić information content (AvgIpc) is 3.08. The Bertz CT molecular complexity index is 600. The van der Waals surface area contributed by atoms with Crippen molar-refractivity contribution in [2.75, 3.05) is 26.2 Å². The minimum Gasteiger partial charge on any atom is -0.430 e. The van der Waals surface area contributed by atoms with E-state index in [9.17, 15) is 9.59 Å². The van der Waals surface area contributed by atoms with Crippen LogP contribution in [0.4, 0.5) is 9.59 Å². The summed E-state index contributed by atoms with van der Waals surface area (Å²) in [5.41, 5.74) is 1.50. The fourth-order valence-corrected chi connectivity index (χ4v) is 3.22. The Balaban J connectivity index is 1.38. The number of urea groups is 1. The monoisotopic (exact) mass is 337 g/mol. The first-order chi connectivity index (χ1) is 11.5. The zero-order chi connectivity index (χ0) is 17.2. The van der Waals surface area contributed by atoms with Crippen LogP contribution in [-0.4, -0.2) is 54.1 Å². The van der Waals surface area contributed by atoms with Gasteiger partial charge < -0.3 is 24.2 Å². The van der Waals surface area contributed by atoms with E-state index in [1.165, 1.54) is 0 Å². The fourth-order valence-electron chi connectivity index (χ4n) is 3.22. The highest BCUT2D eigenvalue weighted by Gasteiger charge is 2.45. The van der Waals surface area contributed by atoms with Crippen LogP contribution in [0.1, 0.15) is 36.3 Å². The van der Waals surface area contributed by atoms with Gasteiger partial charge in [-0.2, -0.15) is 0 Å². The van der Waals surface area contributed by atoms with E-state index in [0.29, 0.717) is 39.1 Å². The SMILES string of the molecule is Cc1noc(C)c1CCCNC(=O)N1CCC2(CC1)COC(=O)O2. The predicted molar refractivity (Wildman–Crippen MR) is 83.7 cm³/mol. The van der Waals surface area contributed by atoms with Crippen LogP contribution >= 0.6 is 0 Å². The molecule has 2 fully saturated rings. The van der Waals surface area contributed by atoms with E-state index in [4.69, 9.17) is 14.0 Å². The molecule has 0 unspecified atom stereocenters. The lowest BCUT2D eigenvalue weighted by molar-refractivity contribution is 0.00938. The van der Waals surface area contributed by atoms with Crippen LogP contribution in [0.5, 0.6) is 0 Å². The third-order valence-electron chi connectivity index (χ3n) is 4.78. The Morgan fingerprint density at radius 2 is 2.08 bits per heavy atom. The van der Waals surface area contributed by atoms with Gasteiger partial charge in [0.25, 0.3) is 0 Å². The molecule has 0 aromatic carbocycles. The number of likely N-dealkylation sites (tertiary alicyclic amines) is 1. The Hall–Kier alpha value is -2.25. The molecule has 2 aliphatic heterocycles. The van der Waals surface area contributed by atoms with Crippen molar-refractivity contribution >= 4 is 12.2 Å². The molecule has 1 aromatic rings. The summed E-state index contributed by atoms with van der Waals surface area (Å²) in [4.78, 5) is 25.1. The normalized spacial score (nSPS) is 19.2. The Labute approximate surface area is 140 Å². The van der Waals surface area contributed by atoms with Gasteiger partial charge in [0.15, 0.2) is 5.60 Å². The highest BCUT2D eigenvalue weighted by Crippen LogP contribution is 2.31. The lowest BCUT2D eigenvalue weighted by Gasteiger charge is -2.36. The first-order valence-electron chi connectivity index (χ1n) is 8.29. The third-order valence-corrected chi connectivity index (χ3v) is 4.78. The lowest BCUT2D eigenvalue weighted by Crippen LogP contribution is -2.51. The van der Waals surface area contributed by atoms with Gasteiger partial charge in [-0.15, -0.1) is 0 Å². The quantitative estimate of drug-likeness (QED) is 0.666. The minimum atomic E-state index is -0.604. The Morgan fingerprint density at radius 3 is 2.67 bits per heavy atom. The molecule has 2 amide bonds. The number of hydrogen-bond donors (Lipinski definition) is 1. The number of carbonyl (C=O) groups is 2. The van der Waals surface area contributed by atoms with Crippen molar-refractivity contribution in [3.05, 3.63) is 17.0 Å². The number of nitrogens with zero attached hydrogens (tertiary/aromatic N) is 2. The van der Waals surface area contributed by atoms with Gasteiger partial charge >= 0.3 is 12.2 Å². The van der Waals surface area contributed by atoms with Gasteiger partial charge in [0, 0.05) is 38.0 Å². The van der Waals surface area contributed by atoms with E-state index in [-0.39, 0.29) is 6.03 Å². The van der Waals surface area contributed by atoms with E-state index in [1.807, 2.05) is 13.8 Å². The molecule has 3 heterocycles. The van der Waals surface area contributed by atoms with Crippen molar-refractivity contribution in [3.63, 3.8) is 0 Å². The van der Waals surface area contributed by atoms with Gasteiger partial charge in [-0.05, 0) is 26.7 Å². The smallest absolute Gasteiger partial charge is 0.430 e. The van der Waals surface area contributed by atoms with Gasteiger partial charge in [-0.1, -0.05) is 5.16 Å². The van der Waals surface area contributed by atoms with Gasteiger partial charge in [0.1, 0.15) is 12.4 Å². The summed E-state index contributed by atoms with van der Waals surface area (Å²) in [6.07, 6.45) is 2.29. The van der Waals surface area contributed by atoms with E-state index in [2.05, 4.69) is 10.5 Å². The topological polar surface area (TPSA) is 93.9 Å². The number of nitrogens with one attached hydrogen (secondary N) is 1. The molecule has 1 aromatic heterocycles. The average molecular weight is 337 g/mol. The van der Waals surface area contributed by atoms with Crippen LogP contribution in [0.15, 0.2) is 4.52 Å². The van der Waals surface area contributed by atoms with E-state index < -0.39 is 11.8 Å². The molecule has 0 bridgehead atoms. The second kappa shape index (κ2) is 6.70. The van der Waals surface area contributed by atoms with Crippen LogP contribution in [0.2, 0.25) is 0 Å². The zero-order valence-corrected chi connectivity index (χ0v) is 14.1. The largest absolute Gasteiger partial charge is 0.509 e. The van der Waals surface area contributed by atoms with Gasteiger partial charge in [-0.3, -0.25) is 0 Å². The van der Waals surface area contributed by atoms with Crippen LogP contribution in [0.25, 0.3) is 0 Å². The maximum atomic E-state index is 12.2. The maximum Gasteiger partial charge on any atom is 0.509 e. The summed E-state index contributed by atoms with van der Waals surface area (Å²) in [5.74, 6) is 0.841. The second-order valence-corrected chi connectivity index (χ2v) is 6.45. The number of aromatic nitrogens is 1. The standard InChI is InChI=1S/C16H23N3O5/c1-11-13(12(2)24-18-11)4-3-7-17-14(20)19-8-5-16(6-9-19)10-22-15(21)23-16/h3-10H2,1-2H3,(H,17,20). The molecule has 2 saturated heterocycles. The minimum absolute atomic E-state index is 0.0751. The molecule has 132 valence electrons. The number of cyclic esters (lactones) is 1. The maximum absolute atomic E-state index is 12.2. The number of hydrogen-bond acceptors (Lipinski definition) is 6. The second-order valence-electron chi connectivity index (χ2n) is 6.45. The summed E-state index contributed by atoms with van der Waals surface area (Å²) in [5, 5.41) is 6.87. The van der Waals surface area contributed by atoms with E-state index in [1.54, 1.807) is 4.90 Å². The highest BCUT2D eigenvalue weighted by molar-refractivity contribution is 5.74. The van der Waals surface area contributed by atoms with Crippen molar-refractivity contribution in [2.24, 2.45) is 0 Å². The Kier molecular flexibility index (Phi) is 4.64. The van der Waals surface area contributed by atoms with Crippen LogP contribution < -0.4 is 5.32 Å². The molecule has 24 heavy (non-hydrogen) atoms. The van der Waals surface area contributed by atoms with Crippen molar-refractivity contribution in [1.29, 1.82) is 0 Å². The van der Waals surface area contributed by atoms with Gasteiger partial charge in [0.05, 0.1) is 5.69 Å². The summed E-state index contributed by atoms with van der Waals surface area (Å²) in [6, 6.07) is -0.0751. The van der Waals surface area contributed by atoms with Crippen molar-refractivity contribution < 1.29 is 23.6 Å². The predicted octanol–water partition coefficient (Wildman–Crippen LogP) is 1.94. The molecule has 0 atom stereocenters. The van der Waals surface area contributed by atoms with E-state index in [0.717, 1.165) is 29.9 Å². The molecule has 1 N–H and O–H groups in total. The molecule has 2 aliphatic rings. The van der Waals surface area contributed by atoms with E-state index >= 15 is 0 Å². The molecule has 1 spiro atoms. The van der Waals surface area contributed by atoms with Crippen LogP contribution in [0, 0.1) is 13.8 Å². The van der Waals surface area contributed by atoms with Crippen molar-refractivity contribution in [2.45, 2.75) is 45.1 Å². The molecule has 8 heteroatoms. The van der Waals surface area contributed by atoms with Crippen LogP contribution in [-0.2, 0) is 15.9 Å². The van der Waals surface area contributed by atoms with Gasteiger partial charge in [-0.25, -0.2) is 9.59 Å². The molecular weight excluding hydrogens is 314 g/mol. The summed E-state index contributed by atoms with van der Waals surface area (Å²) < 4.78 is 15.3. The number of aryl methyl sites for hydroxylation is 2. The summed E-state index contributed by atoms with van der Waals surface area (Å²) in [7, 11) is 0. The third kappa shape index (κ3) is 3.47. The zero-order valence-electron chi connectivity index (χ0n) is 14.1. The lowest BCUT2D eigenvalue weighted by atomic mass is 9.92. The number of carbonyl (C=O) groups excluding carboxylic acids is 2. The molecule has 0 saturated carbocycles. The summed E-state index contributed by atoms with van der Waals surface area (Å²) >= 11 is 0. The molecule has 8 nitrogen and oxygen atoms in total. The number of piperidine rings is 1.